The molecular weight excluding hydrogens is 241 g/mol. The van der Waals surface area contributed by atoms with Gasteiger partial charge in [-0.05, 0) is 6.42 Å². The van der Waals surface area contributed by atoms with Gasteiger partial charge in [0.2, 0.25) is 5.91 Å². The van der Waals surface area contributed by atoms with E-state index in [4.69, 9.17) is 5.11 Å². The van der Waals surface area contributed by atoms with Gasteiger partial charge in [0.25, 0.3) is 0 Å². The number of primary amides is 1. The lowest BCUT2D eigenvalue weighted by atomic mass is 10.00. The Morgan fingerprint density at radius 3 is 1.88 bits per heavy atom. The Morgan fingerprint density at radius 2 is 1.62 bits per heavy atom. The highest BCUT2D eigenvalue weighted by atomic mass is 19.4. The molecule has 4 nitrogen and oxygen atoms in total. The molecule has 1 atom stereocenters. The minimum Gasteiger partial charge on any atom is -0.481 e. The molecule has 0 aliphatic rings. The average molecular weight is 249 g/mol. The third-order valence-corrected chi connectivity index (χ3v) is 1.80. The molecule has 16 heavy (non-hydrogen) atoms. The van der Waals surface area contributed by atoms with Crippen LogP contribution in [0.1, 0.15) is 12.8 Å². The first-order valence-corrected chi connectivity index (χ1v) is 3.95. The highest BCUT2D eigenvalue weighted by Gasteiger charge is 2.57. The van der Waals surface area contributed by atoms with Crippen LogP contribution in [0.5, 0.6) is 0 Å². The standard InChI is InChI=1S/C7H8F5NO3/c8-6(9,7(10,11)12)2-1-3(4(13)14)5(15)16/h3H,1-2H2,(H2,13,14)(H,15,16). The highest BCUT2D eigenvalue weighted by Crippen LogP contribution is 2.39. The number of amides is 1. The Balaban J connectivity index is 4.54. The molecule has 9 heteroatoms. The first-order chi connectivity index (χ1) is 6.99. The van der Waals surface area contributed by atoms with Crippen molar-refractivity contribution < 1.29 is 36.6 Å². The number of rotatable bonds is 5. The Labute approximate surface area is 86.2 Å². The van der Waals surface area contributed by atoms with E-state index in [-0.39, 0.29) is 0 Å². The maximum absolute atomic E-state index is 12.3. The molecule has 0 rings (SSSR count). The molecule has 0 bridgehead atoms. The van der Waals surface area contributed by atoms with Crippen LogP contribution in [0.4, 0.5) is 22.0 Å². The molecule has 0 heterocycles. The van der Waals surface area contributed by atoms with Crippen molar-refractivity contribution in [1.29, 1.82) is 0 Å². The van der Waals surface area contributed by atoms with Gasteiger partial charge >= 0.3 is 18.1 Å². The second kappa shape index (κ2) is 4.62. The van der Waals surface area contributed by atoms with Crippen molar-refractivity contribution in [3.63, 3.8) is 0 Å². The van der Waals surface area contributed by atoms with E-state index in [1.54, 1.807) is 0 Å². The lowest BCUT2D eigenvalue weighted by Gasteiger charge is -2.20. The van der Waals surface area contributed by atoms with Gasteiger partial charge in [-0.2, -0.15) is 22.0 Å². The summed E-state index contributed by atoms with van der Waals surface area (Å²) in [5.74, 6) is -10.4. The molecule has 94 valence electrons. The number of carboxylic acid groups (broad SMARTS) is 1. The van der Waals surface area contributed by atoms with Gasteiger partial charge < -0.3 is 10.8 Å². The summed E-state index contributed by atoms with van der Waals surface area (Å²) < 4.78 is 59.7. The molecule has 0 saturated carbocycles. The fourth-order valence-corrected chi connectivity index (χ4v) is 0.855. The number of alkyl halides is 5. The van der Waals surface area contributed by atoms with Gasteiger partial charge in [0.05, 0.1) is 0 Å². The number of hydrogen-bond acceptors (Lipinski definition) is 2. The quantitative estimate of drug-likeness (QED) is 0.566. The largest absolute Gasteiger partial charge is 0.481 e. The Bertz CT molecular complexity index is 274. The lowest BCUT2D eigenvalue weighted by Crippen LogP contribution is -2.38. The molecule has 0 aromatic rings. The zero-order valence-corrected chi connectivity index (χ0v) is 7.72. The summed E-state index contributed by atoms with van der Waals surface area (Å²) in [4.78, 5) is 20.7. The van der Waals surface area contributed by atoms with E-state index in [0.717, 1.165) is 0 Å². The van der Waals surface area contributed by atoms with Crippen molar-refractivity contribution in [1.82, 2.24) is 0 Å². The van der Waals surface area contributed by atoms with Crippen molar-refractivity contribution in [2.24, 2.45) is 11.7 Å². The summed E-state index contributed by atoms with van der Waals surface area (Å²) in [6, 6.07) is 0. The van der Waals surface area contributed by atoms with Crippen LogP contribution in [-0.2, 0) is 9.59 Å². The van der Waals surface area contributed by atoms with Gasteiger partial charge in [-0.3, -0.25) is 9.59 Å². The topological polar surface area (TPSA) is 80.4 Å². The van der Waals surface area contributed by atoms with Crippen LogP contribution in [0.25, 0.3) is 0 Å². The number of carbonyl (C=O) groups is 2. The molecule has 0 aromatic heterocycles. The summed E-state index contributed by atoms with van der Waals surface area (Å²) in [7, 11) is 0. The molecule has 0 aliphatic heterocycles. The van der Waals surface area contributed by atoms with E-state index in [1.165, 1.54) is 0 Å². The zero-order valence-electron chi connectivity index (χ0n) is 7.72. The Morgan fingerprint density at radius 1 is 1.19 bits per heavy atom. The fraction of sp³-hybridized carbons (Fsp3) is 0.714. The van der Waals surface area contributed by atoms with Gasteiger partial charge in [0.1, 0.15) is 5.92 Å². The first kappa shape index (κ1) is 14.6. The molecule has 0 spiro atoms. The second-order valence-corrected chi connectivity index (χ2v) is 3.03. The van der Waals surface area contributed by atoms with Crippen LogP contribution in [0, 0.1) is 5.92 Å². The number of carboxylic acids is 1. The van der Waals surface area contributed by atoms with Gasteiger partial charge in [-0.1, -0.05) is 0 Å². The number of halogens is 5. The number of aliphatic carboxylic acids is 1. The second-order valence-electron chi connectivity index (χ2n) is 3.03. The molecule has 0 aromatic carbocycles. The predicted octanol–water partition coefficient (Wildman–Crippen LogP) is 1.15. The van der Waals surface area contributed by atoms with Gasteiger partial charge in [0, 0.05) is 6.42 Å². The normalized spacial score (nSPS) is 14.6. The maximum Gasteiger partial charge on any atom is 0.453 e. The number of carbonyl (C=O) groups excluding carboxylic acids is 1. The maximum atomic E-state index is 12.3. The Kier molecular flexibility index (Phi) is 4.21. The molecule has 0 fully saturated rings. The molecule has 0 radical (unpaired) electrons. The van der Waals surface area contributed by atoms with Crippen LogP contribution in [0.3, 0.4) is 0 Å². The molecule has 1 amide bonds. The van der Waals surface area contributed by atoms with E-state index in [0.29, 0.717) is 0 Å². The van der Waals surface area contributed by atoms with Gasteiger partial charge in [0.15, 0.2) is 0 Å². The first-order valence-electron chi connectivity index (χ1n) is 3.95. The van der Waals surface area contributed by atoms with Crippen molar-refractivity contribution in [3.05, 3.63) is 0 Å². The zero-order chi connectivity index (χ0) is 13.1. The summed E-state index contributed by atoms with van der Waals surface area (Å²) in [5.41, 5.74) is 4.53. The molecule has 0 aliphatic carbocycles. The molecular formula is C7H8F5NO3. The summed E-state index contributed by atoms with van der Waals surface area (Å²) in [6.45, 7) is 0. The van der Waals surface area contributed by atoms with E-state index in [9.17, 15) is 31.5 Å². The van der Waals surface area contributed by atoms with Crippen LogP contribution in [0.2, 0.25) is 0 Å². The lowest BCUT2D eigenvalue weighted by molar-refractivity contribution is -0.285. The number of nitrogens with two attached hydrogens (primary N) is 1. The van der Waals surface area contributed by atoms with Crippen LogP contribution in [0.15, 0.2) is 0 Å². The van der Waals surface area contributed by atoms with E-state index in [1.807, 2.05) is 0 Å². The minimum absolute atomic E-state index is 1.17. The minimum atomic E-state index is -5.77. The van der Waals surface area contributed by atoms with Crippen LogP contribution < -0.4 is 5.73 Å². The SMILES string of the molecule is NC(=O)C(CCC(F)(F)C(F)(F)F)C(=O)O. The van der Waals surface area contributed by atoms with E-state index < -0.39 is 42.7 Å². The van der Waals surface area contributed by atoms with Gasteiger partial charge in [-0.25, -0.2) is 0 Å². The number of hydrogen-bond donors (Lipinski definition) is 2. The van der Waals surface area contributed by atoms with Gasteiger partial charge in [-0.15, -0.1) is 0 Å². The summed E-state index contributed by atoms with van der Waals surface area (Å²) >= 11 is 0. The average Bonchev–Trinajstić information content (AvgIpc) is 1.99. The monoisotopic (exact) mass is 249 g/mol. The third kappa shape index (κ3) is 3.63. The van der Waals surface area contributed by atoms with Crippen LogP contribution >= 0.6 is 0 Å². The van der Waals surface area contributed by atoms with Crippen molar-refractivity contribution in [3.8, 4) is 0 Å². The highest BCUT2D eigenvalue weighted by molar-refractivity contribution is 5.95. The van der Waals surface area contributed by atoms with Crippen LogP contribution in [-0.4, -0.2) is 29.1 Å². The third-order valence-electron chi connectivity index (χ3n) is 1.80. The Hall–Kier alpha value is -1.41. The van der Waals surface area contributed by atoms with E-state index in [2.05, 4.69) is 5.73 Å². The van der Waals surface area contributed by atoms with E-state index >= 15 is 0 Å². The molecule has 3 N–H and O–H groups in total. The summed E-state index contributed by atoms with van der Waals surface area (Å²) in [5, 5.41) is 8.32. The molecule has 0 saturated heterocycles. The van der Waals surface area contributed by atoms with Crippen molar-refractivity contribution >= 4 is 11.9 Å². The van der Waals surface area contributed by atoms with Crippen molar-refractivity contribution in [2.75, 3.05) is 0 Å². The predicted molar refractivity (Wildman–Crippen MR) is 40.6 cm³/mol. The smallest absolute Gasteiger partial charge is 0.453 e. The fourth-order valence-electron chi connectivity index (χ4n) is 0.855. The molecule has 1 unspecified atom stereocenters. The summed E-state index contributed by atoms with van der Waals surface area (Å²) in [6.07, 6.45) is -8.73. The van der Waals surface area contributed by atoms with Crippen molar-refractivity contribution in [2.45, 2.75) is 24.9 Å².